The molecule has 1 unspecified atom stereocenters. The molecular weight excluding hydrogens is 489 g/mol. The second-order valence-corrected chi connectivity index (χ2v) is 10.3. The van der Waals surface area contributed by atoms with Gasteiger partial charge < -0.3 is 31.5 Å². The van der Waals surface area contributed by atoms with Crippen molar-refractivity contribution in [1.82, 2.24) is 25.4 Å². The zero-order valence-corrected chi connectivity index (χ0v) is 21.4. The van der Waals surface area contributed by atoms with E-state index >= 15 is 0 Å². The summed E-state index contributed by atoms with van der Waals surface area (Å²) < 4.78 is 13.5. The molecular formula is C23H37ClFN9O2. The Morgan fingerprint density at radius 1 is 1.11 bits per heavy atom. The molecule has 36 heavy (non-hydrogen) atoms. The van der Waals surface area contributed by atoms with E-state index in [1.807, 2.05) is 4.90 Å². The number of amides is 2. The lowest BCUT2D eigenvalue weighted by Gasteiger charge is -2.39. The van der Waals surface area contributed by atoms with Gasteiger partial charge >= 0.3 is 0 Å². The molecule has 3 saturated heterocycles. The Morgan fingerprint density at radius 3 is 2.36 bits per heavy atom. The average Bonchev–Trinajstić information content (AvgIpc) is 2.85. The Hall–Kier alpha value is -2.09. The van der Waals surface area contributed by atoms with Crippen molar-refractivity contribution in [3.63, 3.8) is 0 Å². The van der Waals surface area contributed by atoms with Crippen LogP contribution in [0, 0.1) is 11.8 Å². The SMILES string of the molecule is CN1CCN(C(=O)C2CCN(c3c(Cl)cncc3NC(=O)C(C(N)N)C3NCC(F)CN3)CC2)CC1. The summed E-state index contributed by atoms with van der Waals surface area (Å²) in [7, 11) is 2.07. The maximum absolute atomic E-state index is 13.5. The molecule has 0 aliphatic carbocycles. The van der Waals surface area contributed by atoms with Crippen molar-refractivity contribution in [3.8, 4) is 0 Å². The van der Waals surface area contributed by atoms with Crippen LogP contribution in [0.1, 0.15) is 12.8 Å². The first kappa shape index (κ1) is 27.0. The molecule has 0 aromatic carbocycles. The lowest BCUT2D eigenvalue weighted by molar-refractivity contribution is -0.137. The third-order valence-corrected chi connectivity index (χ3v) is 7.58. The fraction of sp³-hybridized carbons (Fsp3) is 0.696. The zero-order chi connectivity index (χ0) is 25.8. The fourth-order valence-electron chi connectivity index (χ4n) is 5.15. The van der Waals surface area contributed by atoms with Gasteiger partial charge in [-0.1, -0.05) is 11.6 Å². The summed E-state index contributed by atoms with van der Waals surface area (Å²) in [5, 5.41) is 9.20. The molecule has 200 valence electrons. The van der Waals surface area contributed by atoms with Crippen LogP contribution in [-0.4, -0.2) is 105 Å². The third-order valence-electron chi connectivity index (χ3n) is 7.30. The van der Waals surface area contributed by atoms with E-state index in [4.69, 9.17) is 23.1 Å². The molecule has 1 atom stereocenters. The molecule has 1 aromatic rings. The zero-order valence-electron chi connectivity index (χ0n) is 20.6. The van der Waals surface area contributed by atoms with E-state index < -0.39 is 30.3 Å². The molecule has 3 aliphatic rings. The number of nitrogens with two attached hydrogens (primary N) is 2. The van der Waals surface area contributed by atoms with Gasteiger partial charge in [-0.05, 0) is 19.9 Å². The number of nitrogens with one attached hydrogen (secondary N) is 3. The molecule has 3 aliphatic heterocycles. The van der Waals surface area contributed by atoms with Crippen molar-refractivity contribution >= 4 is 34.8 Å². The lowest BCUT2D eigenvalue weighted by atomic mass is 9.94. The first-order valence-corrected chi connectivity index (χ1v) is 12.9. The van der Waals surface area contributed by atoms with Crippen molar-refractivity contribution in [2.75, 3.05) is 69.6 Å². The highest BCUT2D eigenvalue weighted by Gasteiger charge is 2.36. The number of aromatic nitrogens is 1. The number of carbonyl (C=O) groups excluding carboxylic acids is 2. The lowest BCUT2D eigenvalue weighted by Crippen LogP contribution is -2.64. The molecule has 1 aromatic heterocycles. The molecule has 2 amide bonds. The van der Waals surface area contributed by atoms with Gasteiger partial charge in [0.25, 0.3) is 0 Å². The molecule has 4 rings (SSSR count). The Morgan fingerprint density at radius 2 is 1.75 bits per heavy atom. The molecule has 4 heterocycles. The van der Waals surface area contributed by atoms with Crippen LogP contribution < -0.4 is 32.3 Å². The third kappa shape index (κ3) is 6.24. The first-order valence-electron chi connectivity index (χ1n) is 12.5. The van der Waals surface area contributed by atoms with Gasteiger partial charge in [0, 0.05) is 64.5 Å². The molecule has 0 saturated carbocycles. The molecule has 0 spiro atoms. The monoisotopic (exact) mass is 525 g/mol. The van der Waals surface area contributed by atoms with Crippen LogP contribution in [0.5, 0.6) is 0 Å². The minimum atomic E-state index is -1.05. The molecule has 7 N–H and O–H groups in total. The van der Waals surface area contributed by atoms with Gasteiger partial charge in [0.2, 0.25) is 11.8 Å². The van der Waals surface area contributed by atoms with E-state index in [0.717, 1.165) is 26.2 Å². The topological polar surface area (TPSA) is 145 Å². The van der Waals surface area contributed by atoms with Gasteiger partial charge in [0.15, 0.2) is 0 Å². The Kier molecular flexibility index (Phi) is 8.96. The summed E-state index contributed by atoms with van der Waals surface area (Å²) in [4.78, 5) is 36.7. The van der Waals surface area contributed by atoms with Crippen molar-refractivity contribution in [3.05, 3.63) is 17.4 Å². The maximum Gasteiger partial charge on any atom is 0.233 e. The number of anilines is 2. The highest BCUT2D eigenvalue weighted by atomic mass is 35.5. The van der Waals surface area contributed by atoms with Gasteiger partial charge in [0.05, 0.1) is 40.8 Å². The van der Waals surface area contributed by atoms with Crippen LogP contribution >= 0.6 is 11.6 Å². The van der Waals surface area contributed by atoms with Crippen LogP contribution in [0.2, 0.25) is 5.02 Å². The van der Waals surface area contributed by atoms with Crippen LogP contribution in [0.3, 0.4) is 0 Å². The van der Waals surface area contributed by atoms with Crippen LogP contribution in [0.15, 0.2) is 12.4 Å². The number of piperidine rings is 1. The van der Waals surface area contributed by atoms with E-state index in [1.54, 1.807) is 6.20 Å². The number of halogens is 2. The van der Waals surface area contributed by atoms with E-state index in [0.29, 0.717) is 42.3 Å². The predicted octanol–water partition coefficient (Wildman–Crippen LogP) is -0.619. The predicted molar refractivity (Wildman–Crippen MR) is 137 cm³/mol. The van der Waals surface area contributed by atoms with Crippen molar-refractivity contribution in [1.29, 1.82) is 0 Å². The Balaban J connectivity index is 1.42. The van der Waals surface area contributed by atoms with Gasteiger partial charge in [-0.3, -0.25) is 25.2 Å². The Bertz CT molecular complexity index is 915. The maximum atomic E-state index is 13.5. The fourth-order valence-corrected chi connectivity index (χ4v) is 5.43. The number of hydrogen-bond acceptors (Lipinski definition) is 9. The molecule has 0 radical (unpaired) electrons. The minimum Gasteiger partial charge on any atom is -0.369 e. The summed E-state index contributed by atoms with van der Waals surface area (Å²) >= 11 is 6.54. The van der Waals surface area contributed by atoms with Crippen LogP contribution in [0.4, 0.5) is 15.8 Å². The number of rotatable bonds is 6. The number of piperazine rings is 1. The van der Waals surface area contributed by atoms with Crippen LogP contribution in [-0.2, 0) is 9.59 Å². The van der Waals surface area contributed by atoms with Crippen molar-refractivity contribution in [2.45, 2.75) is 31.3 Å². The smallest absolute Gasteiger partial charge is 0.233 e. The van der Waals surface area contributed by atoms with Crippen molar-refractivity contribution in [2.24, 2.45) is 23.3 Å². The average molecular weight is 526 g/mol. The first-order chi connectivity index (χ1) is 17.2. The summed E-state index contributed by atoms with van der Waals surface area (Å²) in [6.45, 7) is 4.80. The van der Waals surface area contributed by atoms with E-state index in [1.165, 1.54) is 6.20 Å². The van der Waals surface area contributed by atoms with E-state index in [9.17, 15) is 14.0 Å². The molecule has 0 bridgehead atoms. The van der Waals surface area contributed by atoms with E-state index in [-0.39, 0.29) is 24.9 Å². The quantitative estimate of drug-likeness (QED) is 0.307. The standard InChI is InChI=1S/C23H37ClFN9O2/c1-32-6-8-34(9-7-32)23(36)14-2-4-33(5-3-14)19-16(24)12-28-13-17(19)31-22(35)18(20(26)27)21-29-10-15(25)11-30-21/h12-15,18,20-21,29-30H,2-11,26-27H2,1H3,(H,31,35). The highest BCUT2D eigenvalue weighted by molar-refractivity contribution is 6.34. The second-order valence-electron chi connectivity index (χ2n) is 9.89. The molecule has 3 fully saturated rings. The second kappa shape index (κ2) is 12.0. The number of alkyl halides is 1. The summed E-state index contributed by atoms with van der Waals surface area (Å²) in [5.41, 5.74) is 13.0. The normalized spacial score (nSPS) is 25.2. The summed E-state index contributed by atoms with van der Waals surface area (Å²) in [5.74, 6) is -1.07. The van der Waals surface area contributed by atoms with E-state index in [2.05, 4.69) is 37.8 Å². The van der Waals surface area contributed by atoms with Crippen LogP contribution in [0.25, 0.3) is 0 Å². The van der Waals surface area contributed by atoms with Gasteiger partial charge in [0.1, 0.15) is 6.17 Å². The number of carbonyl (C=O) groups is 2. The number of nitrogens with zero attached hydrogens (tertiary/aromatic N) is 4. The molecule has 13 heteroatoms. The summed E-state index contributed by atoms with van der Waals surface area (Å²) in [6, 6.07) is 0. The van der Waals surface area contributed by atoms with Gasteiger partial charge in [-0.25, -0.2) is 4.39 Å². The number of pyridine rings is 1. The minimum absolute atomic E-state index is 0.0225. The number of hydrogen-bond donors (Lipinski definition) is 5. The van der Waals surface area contributed by atoms with Gasteiger partial charge in [-0.2, -0.15) is 0 Å². The highest BCUT2D eigenvalue weighted by Crippen LogP contribution is 2.36. The van der Waals surface area contributed by atoms with Crippen molar-refractivity contribution < 1.29 is 14.0 Å². The summed E-state index contributed by atoms with van der Waals surface area (Å²) in [6.07, 6.45) is 1.89. The Labute approximate surface area is 216 Å². The largest absolute Gasteiger partial charge is 0.369 e. The molecule has 11 nitrogen and oxygen atoms in total. The van der Waals surface area contributed by atoms with Gasteiger partial charge in [-0.15, -0.1) is 0 Å². The number of likely N-dealkylation sites (N-methyl/N-ethyl adjacent to an activating group) is 1.